The highest BCUT2D eigenvalue weighted by molar-refractivity contribution is 5.89. The Morgan fingerprint density at radius 1 is 1.50 bits per heavy atom. The van der Waals surface area contributed by atoms with Gasteiger partial charge >= 0.3 is 5.97 Å². The van der Waals surface area contributed by atoms with Gasteiger partial charge in [0.25, 0.3) is 5.89 Å². The number of hydrogen-bond acceptors (Lipinski definition) is 6. The monoisotopic (exact) mass is 275 g/mol. The fourth-order valence-corrected chi connectivity index (χ4v) is 1.75. The molecule has 1 aliphatic rings. The predicted octanol–water partition coefficient (Wildman–Crippen LogP) is 1.50. The van der Waals surface area contributed by atoms with Crippen molar-refractivity contribution in [3.8, 4) is 0 Å². The molecule has 0 amide bonds. The van der Waals surface area contributed by atoms with Crippen LogP contribution in [0.2, 0.25) is 0 Å². The molecular weight excluding hydrogens is 262 g/mol. The lowest BCUT2D eigenvalue weighted by atomic mass is 10.3. The van der Waals surface area contributed by atoms with Gasteiger partial charge in [-0.2, -0.15) is 9.71 Å². The highest BCUT2D eigenvalue weighted by atomic mass is 16.6. The maximum atomic E-state index is 11.9. The zero-order valence-electron chi connectivity index (χ0n) is 10.9. The lowest BCUT2D eigenvalue weighted by Crippen LogP contribution is -2.24. The second-order valence-corrected chi connectivity index (χ2v) is 4.76. The van der Waals surface area contributed by atoms with Gasteiger partial charge in [0, 0.05) is 18.1 Å². The highest BCUT2D eigenvalue weighted by Crippen LogP contribution is 2.38. The smallest absolute Gasteiger partial charge is 0.339 e. The van der Waals surface area contributed by atoms with Gasteiger partial charge in [-0.3, -0.25) is 0 Å². The first-order chi connectivity index (χ1) is 9.63. The van der Waals surface area contributed by atoms with E-state index in [0.29, 0.717) is 22.0 Å². The molecule has 0 N–H and O–H groups in total. The maximum Gasteiger partial charge on any atom is 0.339 e. The first-order valence-corrected chi connectivity index (χ1v) is 6.37. The Kier molecular flexibility index (Phi) is 3.09. The normalized spacial score (nSPS) is 15.8. The molecule has 104 valence electrons. The molecule has 2 heterocycles. The minimum atomic E-state index is -0.623. The fraction of sp³-hybridized carbons (Fsp3) is 0.385. The van der Waals surface area contributed by atoms with Gasteiger partial charge in [0.05, 0.1) is 5.56 Å². The van der Waals surface area contributed by atoms with Gasteiger partial charge in [-0.15, -0.1) is 0 Å². The van der Waals surface area contributed by atoms with Crippen LogP contribution in [0.4, 0.5) is 0 Å². The zero-order chi connectivity index (χ0) is 14.1. The summed E-state index contributed by atoms with van der Waals surface area (Å²) in [4.78, 5) is 16.1. The van der Waals surface area contributed by atoms with Crippen LogP contribution in [-0.4, -0.2) is 16.1 Å². The Balaban J connectivity index is 1.66. The lowest BCUT2D eigenvalue weighted by Gasteiger charge is -2.08. The quantitative estimate of drug-likeness (QED) is 0.477. The summed E-state index contributed by atoms with van der Waals surface area (Å²) in [6, 6.07) is 2.79. The molecule has 1 atom stereocenters. The van der Waals surface area contributed by atoms with Crippen LogP contribution in [0.15, 0.2) is 29.0 Å². The Bertz CT molecular complexity index is 619. The molecule has 1 saturated carbocycles. The van der Waals surface area contributed by atoms with Gasteiger partial charge in [-0.1, -0.05) is 5.16 Å². The molecule has 20 heavy (non-hydrogen) atoms. The van der Waals surface area contributed by atoms with E-state index in [1.54, 1.807) is 6.92 Å². The number of rotatable bonds is 4. The molecule has 0 aliphatic heterocycles. The third-order valence-corrected chi connectivity index (χ3v) is 3.07. The van der Waals surface area contributed by atoms with Gasteiger partial charge in [0.15, 0.2) is 24.3 Å². The zero-order valence-corrected chi connectivity index (χ0v) is 10.9. The second kappa shape index (κ2) is 4.92. The average molecular weight is 275 g/mol. The van der Waals surface area contributed by atoms with Crippen molar-refractivity contribution in [2.45, 2.75) is 31.8 Å². The van der Waals surface area contributed by atoms with Crippen LogP contribution in [-0.2, 0) is 4.74 Å². The van der Waals surface area contributed by atoms with Gasteiger partial charge in [-0.25, -0.2) is 4.79 Å². The van der Waals surface area contributed by atoms with Crippen LogP contribution in [0.25, 0.3) is 0 Å². The molecule has 1 aliphatic carbocycles. The number of nitrogens with zero attached hydrogens (tertiary/aromatic N) is 3. The summed E-state index contributed by atoms with van der Waals surface area (Å²) < 4.78 is 10.9. The summed E-state index contributed by atoms with van der Waals surface area (Å²) in [5.41, 5.74) is 0.297. The first kappa shape index (κ1) is 12.6. The highest BCUT2D eigenvalue weighted by Gasteiger charge is 2.30. The number of carbonyl (C=O) groups excluding carboxylic acids is 1. The SMILES string of the molecule is CC(OC(=O)c1cc[n+]([O-])cc1)c1nc(C2CC2)no1. The Morgan fingerprint density at radius 2 is 2.20 bits per heavy atom. The third-order valence-electron chi connectivity index (χ3n) is 3.07. The van der Waals surface area contributed by atoms with E-state index >= 15 is 0 Å². The standard InChI is InChI=1S/C13H13N3O4/c1-8(12-14-11(15-20-12)9-2-3-9)19-13(17)10-4-6-16(18)7-5-10/h4-9H,2-3H2,1H3. The van der Waals surface area contributed by atoms with Crippen LogP contribution >= 0.6 is 0 Å². The van der Waals surface area contributed by atoms with Crippen molar-refractivity contribution in [1.82, 2.24) is 10.1 Å². The van der Waals surface area contributed by atoms with E-state index in [2.05, 4.69) is 10.1 Å². The minimum Gasteiger partial charge on any atom is -0.619 e. The largest absolute Gasteiger partial charge is 0.619 e. The van der Waals surface area contributed by atoms with Crippen LogP contribution in [0.1, 0.15) is 53.9 Å². The molecule has 3 rings (SSSR count). The number of ether oxygens (including phenoxy) is 1. The van der Waals surface area contributed by atoms with E-state index < -0.39 is 12.1 Å². The number of aromatic nitrogens is 3. The van der Waals surface area contributed by atoms with E-state index in [1.807, 2.05) is 0 Å². The number of carbonyl (C=O) groups is 1. The molecule has 2 aromatic rings. The van der Waals surface area contributed by atoms with Crippen LogP contribution < -0.4 is 4.73 Å². The maximum absolute atomic E-state index is 11.9. The Morgan fingerprint density at radius 3 is 2.85 bits per heavy atom. The number of pyridine rings is 1. The molecule has 0 spiro atoms. The van der Waals surface area contributed by atoms with Crippen LogP contribution in [0.5, 0.6) is 0 Å². The van der Waals surface area contributed by atoms with E-state index in [0.717, 1.165) is 12.8 Å². The van der Waals surface area contributed by atoms with E-state index in [4.69, 9.17) is 9.26 Å². The van der Waals surface area contributed by atoms with Gasteiger partial charge in [0.1, 0.15) is 0 Å². The van der Waals surface area contributed by atoms with Crippen molar-refractivity contribution in [3.05, 3.63) is 47.0 Å². The average Bonchev–Trinajstić information content (AvgIpc) is 3.17. The molecule has 2 aromatic heterocycles. The summed E-state index contributed by atoms with van der Waals surface area (Å²) in [6.07, 6.45) is 4.00. The van der Waals surface area contributed by atoms with Crippen molar-refractivity contribution in [2.75, 3.05) is 0 Å². The number of esters is 1. The van der Waals surface area contributed by atoms with Gasteiger partial charge in [-0.05, 0) is 19.8 Å². The Hall–Kier alpha value is -2.44. The molecule has 1 unspecified atom stereocenters. The van der Waals surface area contributed by atoms with E-state index in [9.17, 15) is 10.0 Å². The molecule has 0 saturated heterocycles. The summed E-state index contributed by atoms with van der Waals surface area (Å²) in [5.74, 6) is 0.811. The summed E-state index contributed by atoms with van der Waals surface area (Å²) >= 11 is 0. The molecule has 0 bridgehead atoms. The molecule has 0 aromatic carbocycles. The molecular formula is C13H13N3O4. The van der Waals surface area contributed by atoms with Crippen LogP contribution in [0.3, 0.4) is 0 Å². The van der Waals surface area contributed by atoms with Crippen molar-refractivity contribution in [2.24, 2.45) is 0 Å². The topological polar surface area (TPSA) is 92.2 Å². The molecule has 7 heteroatoms. The molecule has 1 fully saturated rings. The molecule has 7 nitrogen and oxygen atoms in total. The van der Waals surface area contributed by atoms with Crippen molar-refractivity contribution >= 4 is 5.97 Å². The van der Waals surface area contributed by atoms with Gasteiger partial charge < -0.3 is 14.5 Å². The summed E-state index contributed by atoms with van der Waals surface area (Å²) in [6.45, 7) is 1.67. The van der Waals surface area contributed by atoms with Crippen molar-refractivity contribution in [3.63, 3.8) is 0 Å². The van der Waals surface area contributed by atoms with E-state index in [-0.39, 0.29) is 5.89 Å². The third kappa shape index (κ3) is 2.61. The van der Waals surface area contributed by atoms with Crippen molar-refractivity contribution < 1.29 is 18.8 Å². The van der Waals surface area contributed by atoms with Crippen molar-refractivity contribution in [1.29, 1.82) is 0 Å². The van der Waals surface area contributed by atoms with Gasteiger partial charge in [0.2, 0.25) is 0 Å². The lowest BCUT2D eigenvalue weighted by molar-refractivity contribution is -0.605. The molecule has 0 radical (unpaired) electrons. The minimum absolute atomic E-state index is 0.287. The van der Waals surface area contributed by atoms with Crippen LogP contribution in [0, 0.1) is 5.21 Å². The predicted molar refractivity (Wildman–Crippen MR) is 65.5 cm³/mol. The summed E-state index contributed by atoms with van der Waals surface area (Å²) in [7, 11) is 0. The fourth-order valence-electron chi connectivity index (χ4n) is 1.75. The number of hydrogen-bond donors (Lipinski definition) is 0. The Labute approximate surface area is 114 Å². The first-order valence-electron chi connectivity index (χ1n) is 6.37. The summed E-state index contributed by atoms with van der Waals surface area (Å²) in [5, 5.41) is 14.8. The van der Waals surface area contributed by atoms with E-state index in [1.165, 1.54) is 24.5 Å². The second-order valence-electron chi connectivity index (χ2n) is 4.76.